The van der Waals surface area contributed by atoms with Gasteiger partial charge in [-0.3, -0.25) is 4.79 Å². The number of benzene rings is 1. The molecule has 1 rings (SSSR count). The van der Waals surface area contributed by atoms with Crippen molar-refractivity contribution in [3.8, 4) is 0 Å². The topological polar surface area (TPSA) is 41.1 Å². The summed E-state index contributed by atoms with van der Waals surface area (Å²) in [6, 6.07) is 6.03. The van der Waals surface area contributed by atoms with Crippen LogP contribution in [0.2, 0.25) is 0 Å². The maximum absolute atomic E-state index is 12.0. The largest absolute Gasteiger partial charge is 0.355 e. The maximum Gasteiger partial charge on any atom is 0.224 e. The summed E-state index contributed by atoms with van der Waals surface area (Å²) in [6.45, 7) is 7.85. The zero-order valence-electron chi connectivity index (χ0n) is 12.1. The quantitative estimate of drug-likeness (QED) is 0.843. The summed E-state index contributed by atoms with van der Waals surface area (Å²) < 4.78 is 1.01. The van der Waals surface area contributed by atoms with Gasteiger partial charge in [-0.25, -0.2) is 0 Å². The predicted molar refractivity (Wildman–Crippen MR) is 83.3 cm³/mol. The summed E-state index contributed by atoms with van der Waals surface area (Å²) in [7, 11) is 1.93. The fourth-order valence-corrected chi connectivity index (χ4v) is 2.35. The van der Waals surface area contributed by atoms with Gasteiger partial charge in [-0.15, -0.1) is 0 Å². The Balaban J connectivity index is 2.54. The number of aryl methyl sites for hydroxylation is 1. The Kier molecular flexibility index (Phi) is 6.01. The zero-order valence-corrected chi connectivity index (χ0v) is 13.7. The highest BCUT2D eigenvalue weighted by Crippen LogP contribution is 2.17. The van der Waals surface area contributed by atoms with E-state index in [4.69, 9.17) is 0 Å². The standard InChI is InChI=1S/C15H23BrN2O/c1-11-5-6-13(16)7-12(11)8-14(19)18-10-15(2,3)9-17-4/h5-7,17H,8-10H2,1-4H3,(H,18,19). The van der Waals surface area contributed by atoms with Crippen LogP contribution in [0.3, 0.4) is 0 Å². The van der Waals surface area contributed by atoms with Crippen LogP contribution in [0.25, 0.3) is 0 Å². The number of nitrogens with one attached hydrogen (secondary N) is 2. The van der Waals surface area contributed by atoms with Crippen LogP contribution in [0.4, 0.5) is 0 Å². The van der Waals surface area contributed by atoms with E-state index in [-0.39, 0.29) is 11.3 Å². The van der Waals surface area contributed by atoms with Crippen molar-refractivity contribution in [1.82, 2.24) is 10.6 Å². The van der Waals surface area contributed by atoms with Crippen molar-refractivity contribution >= 4 is 21.8 Å². The molecule has 4 heteroatoms. The highest BCUT2D eigenvalue weighted by atomic mass is 79.9. The molecule has 0 saturated carbocycles. The molecule has 0 unspecified atom stereocenters. The van der Waals surface area contributed by atoms with Gasteiger partial charge >= 0.3 is 0 Å². The average Bonchev–Trinajstić information content (AvgIpc) is 2.31. The van der Waals surface area contributed by atoms with E-state index in [0.29, 0.717) is 13.0 Å². The Morgan fingerprint density at radius 3 is 2.63 bits per heavy atom. The molecule has 0 fully saturated rings. The van der Waals surface area contributed by atoms with Crippen molar-refractivity contribution < 1.29 is 4.79 Å². The summed E-state index contributed by atoms with van der Waals surface area (Å²) in [5.41, 5.74) is 2.28. The average molecular weight is 327 g/mol. The number of rotatable bonds is 6. The van der Waals surface area contributed by atoms with Gasteiger partial charge in [-0.1, -0.05) is 35.8 Å². The first-order valence-electron chi connectivity index (χ1n) is 6.50. The lowest BCUT2D eigenvalue weighted by Gasteiger charge is -2.24. The van der Waals surface area contributed by atoms with E-state index >= 15 is 0 Å². The summed E-state index contributed by atoms with van der Waals surface area (Å²) in [4.78, 5) is 12.0. The third-order valence-electron chi connectivity index (χ3n) is 3.08. The highest BCUT2D eigenvalue weighted by Gasteiger charge is 2.18. The Morgan fingerprint density at radius 2 is 2.00 bits per heavy atom. The van der Waals surface area contributed by atoms with Gasteiger partial charge in [-0.05, 0) is 42.6 Å². The van der Waals surface area contributed by atoms with Gasteiger partial charge in [-0.2, -0.15) is 0 Å². The molecule has 106 valence electrons. The number of amides is 1. The Morgan fingerprint density at radius 1 is 1.32 bits per heavy atom. The first-order chi connectivity index (χ1) is 8.84. The molecule has 1 aromatic carbocycles. The van der Waals surface area contributed by atoms with Gasteiger partial charge < -0.3 is 10.6 Å². The van der Waals surface area contributed by atoms with E-state index in [1.807, 2.05) is 32.2 Å². The molecule has 0 saturated heterocycles. The third-order valence-corrected chi connectivity index (χ3v) is 3.57. The van der Waals surface area contributed by atoms with E-state index in [0.717, 1.165) is 22.1 Å². The molecule has 1 aromatic rings. The second-order valence-electron chi connectivity index (χ2n) is 5.72. The molecule has 1 amide bonds. The number of hydrogen-bond acceptors (Lipinski definition) is 2. The Hall–Kier alpha value is -0.870. The first kappa shape index (κ1) is 16.2. The van der Waals surface area contributed by atoms with Crippen LogP contribution in [-0.2, 0) is 11.2 Å². The van der Waals surface area contributed by atoms with Crippen LogP contribution < -0.4 is 10.6 Å². The summed E-state index contributed by atoms with van der Waals surface area (Å²) in [6.07, 6.45) is 0.431. The summed E-state index contributed by atoms with van der Waals surface area (Å²) in [5, 5.41) is 6.15. The number of halogens is 1. The summed E-state index contributed by atoms with van der Waals surface area (Å²) in [5.74, 6) is 0.0744. The Bertz CT molecular complexity index is 444. The van der Waals surface area contributed by atoms with Crippen molar-refractivity contribution in [1.29, 1.82) is 0 Å². The molecular formula is C15H23BrN2O. The maximum atomic E-state index is 12.0. The number of hydrogen-bond donors (Lipinski definition) is 2. The highest BCUT2D eigenvalue weighted by molar-refractivity contribution is 9.10. The van der Waals surface area contributed by atoms with E-state index in [1.54, 1.807) is 0 Å². The van der Waals surface area contributed by atoms with Gasteiger partial charge in [0.05, 0.1) is 6.42 Å². The molecule has 0 aliphatic carbocycles. The molecule has 0 bridgehead atoms. The molecule has 0 radical (unpaired) electrons. The van der Waals surface area contributed by atoms with Crippen molar-refractivity contribution in [2.24, 2.45) is 5.41 Å². The first-order valence-corrected chi connectivity index (χ1v) is 7.30. The molecule has 0 aliphatic rings. The zero-order chi connectivity index (χ0) is 14.5. The van der Waals surface area contributed by atoms with Gasteiger partial charge in [0.15, 0.2) is 0 Å². The van der Waals surface area contributed by atoms with E-state index in [9.17, 15) is 4.79 Å². The van der Waals surface area contributed by atoms with E-state index in [1.165, 1.54) is 0 Å². The lowest BCUT2D eigenvalue weighted by Crippen LogP contribution is -2.40. The molecule has 0 aromatic heterocycles. The molecular weight excluding hydrogens is 304 g/mol. The smallest absolute Gasteiger partial charge is 0.224 e. The SMILES string of the molecule is CNCC(C)(C)CNC(=O)Cc1cc(Br)ccc1C. The number of carbonyl (C=O) groups excluding carboxylic acids is 1. The van der Waals surface area contributed by atoms with Crippen LogP contribution in [0.5, 0.6) is 0 Å². The second-order valence-corrected chi connectivity index (χ2v) is 6.63. The van der Waals surface area contributed by atoms with Crippen LogP contribution in [0.1, 0.15) is 25.0 Å². The van der Waals surface area contributed by atoms with Crippen molar-refractivity contribution in [3.05, 3.63) is 33.8 Å². The minimum Gasteiger partial charge on any atom is -0.355 e. The van der Waals surface area contributed by atoms with Crippen molar-refractivity contribution in [2.75, 3.05) is 20.1 Å². The minimum absolute atomic E-state index is 0.0662. The lowest BCUT2D eigenvalue weighted by molar-refractivity contribution is -0.120. The van der Waals surface area contributed by atoms with E-state index in [2.05, 4.69) is 40.4 Å². The van der Waals surface area contributed by atoms with Crippen molar-refractivity contribution in [3.63, 3.8) is 0 Å². The van der Waals surface area contributed by atoms with Gasteiger partial charge in [0.1, 0.15) is 0 Å². The van der Waals surface area contributed by atoms with Gasteiger partial charge in [0.25, 0.3) is 0 Å². The summed E-state index contributed by atoms with van der Waals surface area (Å²) >= 11 is 3.44. The van der Waals surface area contributed by atoms with Crippen LogP contribution in [-0.4, -0.2) is 26.0 Å². The third kappa shape index (κ3) is 5.74. The van der Waals surface area contributed by atoms with Crippen LogP contribution in [0, 0.1) is 12.3 Å². The molecule has 19 heavy (non-hydrogen) atoms. The fraction of sp³-hybridized carbons (Fsp3) is 0.533. The molecule has 0 aliphatic heterocycles. The second kappa shape index (κ2) is 7.06. The predicted octanol–water partition coefficient (Wildman–Crippen LogP) is 2.66. The van der Waals surface area contributed by atoms with Gasteiger partial charge in [0, 0.05) is 17.6 Å². The van der Waals surface area contributed by atoms with Crippen LogP contribution in [0.15, 0.2) is 22.7 Å². The number of carbonyl (C=O) groups is 1. The molecule has 2 N–H and O–H groups in total. The van der Waals surface area contributed by atoms with Crippen LogP contribution >= 0.6 is 15.9 Å². The molecule has 0 atom stereocenters. The monoisotopic (exact) mass is 326 g/mol. The normalized spacial score (nSPS) is 11.4. The lowest BCUT2D eigenvalue weighted by atomic mass is 9.93. The molecule has 0 spiro atoms. The van der Waals surface area contributed by atoms with Gasteiger partial charge in [0.2, 0.25) is 5.91 Å². The fourth-order valence-electron chi connectivity index (χ4n) is 1.94. The van der Waals surface area contributed by atoms with E-state index < -0.39 is 0 Å². The minimum atomic E-state index is 0.0662. The molecule has 0 heterocycles. The molecule has 3 nitrogen and oxygen atoms in total. The Labute approximate surface area is 124 Å². The van der Waals surface area contributed by atoms with Crippen molar-refractivity contribution in [2.45, 2.75) is 27.2 Å².